The Labute approximate surface area is 71.7 Å². The van der Waals surface area contributed by atoms with E-state index in [1.807, 2.05) is 18.2 Å². The van der Waals surface area contributed by atoms with Gasteiger partial charge in [-0.25, -0.2) is 0 Å². The zero-order valence-electron chi connectivity index (χ0n) is 5.04. The van der Waals surface area contributed by atoms with Gasteiger partial charge in [-0.05, 0) is 23.2 Å². The van der Waals surface area contributed by atoms with Crippen molar-refractivity contribution in [3.63, 3.8) is 0 Å². The first-order valence-electron chi connectivity index (χ1n) is 2.63. The standard InChI is InChI=1S/C7H4BrNS/c8-4-3-6-1-2-7(5-9)10-6/h1-4H/b4-3+. The van der Waals surface area contributed by atoms with Crippen LogP contribution < -0.4 is 0 Å². The van der Waals surface area contributed by atoms with Gasteiger partial charge in [-0.2, -0.15) is 5.26 Å². The topological polar surface area (TPSA) is 23.8 Å². The van der Waals surface area contributed by atoms with E-state index in [1.54, 1.807) is 4.99 Å². The lowest BCUT2D eigenvalue weighted by molar-refractivity contribution is 1.52. The maximum atomic E-state index is 8.44. The summed E-state index contributed by atoms with van der Waals surface area (Å²) in [6, 6.07) is 5.81. The van der Waals surface area contributed by atoms with Crippen LogP contribution in [-0.2, 0) is 0 Å². The maximum Gasteiger partial charge on any atom is 0.110 e. The van der Waals surface area contributed by atoms with Crippen molar-refractivity contribution in [2.45, 2.75) is 0 Å². The molecule has 0 saturated carbocycles. The summed E-state index contributed by atoms with van der Waals surface area (Å²) in [4.78, 5) is 3.62. The molecule has 0 aliphatic heterocycles. The molecule has 1 aromatic rings. The Morgan fingerprint density at radius 1 is 1.60 bits per heavy atom. The molecule has 0 radical (unpaired) electrons. The molecule has 10 heavy (non-hydrogen) atoms. The number of hydrogen-bond donors (Lipinski definition) is 0. The zero-order chi connectivity index (χ0) is 7.40. The van der Waals surface area contributed by atoms with Crippen molar-refractivity contribution >= 4 is 33.3 Å². The van der Waals surface area contributed by atoms with Gasteiger partial charge >= 0.3 is 0 Å². The van der Waals surface area contributed by atoms with Gasteiger partial charge in [0.25, 0.3) is 0 Å². The largest absolute Gasteiger partial charge is 0.192 e. The molecule has 50 valence electrons. The summed E-state index contributed by atoms with van der Waals surface area (Å²) in [5, 5.41) is 8.44. The molecule has 1 heterocycles. The number of halogens is 1. The number of nitrogens with zero attached hydrogens (tertiary/aromatic N) is 1. The van der Waals surface area contributed by atoms with E-state index >= 15 is 0 Å². The fraction of sp³-hybridized carbons (Fsp3) is 0. The van der Waals surface area contributed by atoms with Gasteiger partial charge in [-0.3, -0.25) is 0 Å². The monoisotopic (exact) mass is 213 g/mol. The summed E-state index contributed by atoms with van der Waals surface area (Å²) < 4.78 is 0. The van der Waals surface area contributed by atoms with Crippen molar-refractivity contribution in [2.24, 2.45) is 0 Å². The molecule has 0 fully saturated rings. The quantitative estimate of drug-likeness (QED) is 0.704. The van der Waals surface area contributed by atoms with Crippen molar-refractivity contribution in [1.82, 2.24) is 0 Å². The van der Waals surface area contributed by atoms with Crippen molar-refractivity contribution in [1.29, 1.82) is 5.26 Å². The van der Waals surface area contributed by atoms with E-state index in [-0.39, 0.29) is 0 Å². The Morgan fingerprint density at radius 3 is 2.90 bits per heavy atom. The van der Waals surface area contributed by atoms with Gasteiger partial charge in [0.1, 0.15) is 10.9 Å². The third-order valence-electron chi connectivity index (χ3n) is 0.964. The Kier molecular flexibility index (Phi) is 2.67. The predicted octanol–water partition coefficient (Wildman–Crippen LogP) is 2.99. The van der Waals surface area contributed by atoms with Crippen LogP contribution in [0.15, 0.2) is 17.1 Å². The van der Waals surface area contributed by atoms with E-state index < -0.39 is 0 Å². The van der Waals surface area contributed by atoms with Crippen molar-refractivity contribution in [3.05, 3.63) is 26.9 Å². The summed E-state index contributed by atoms with van der Waals surface area (Å²) in [6.07, 6.45) is 1.91. The molecule has 0 aliphatic carbocycles. The molecule has 1 nitrogen and oxygen atoms in total. The molecule has 0 atom stereocenters. The summed E-state index contributed by atoms with van der Waals surface area (Å²) in [7, 11) is 0. The molecule has 0 aliphatic rings. The highest BCUT2D eigenvalue weighted by atomic mass is 79.9. The van der Waals surface area contributed by atoms with Gasteiger partial charge in [0.15, 0.2) is 0 Å². The van der Waals surface area contributed by atoms with E-state index in [4.69, 9.17) is 5.26 Å². The first-order valence-corrected chi connectivity index (χ1v) is 4.36. The Hall–Kier alpha value is -0.590. The predicted molar refractivity (Wildman–Crippen MR) is 47.0 cm³/mol. The van der Waals surface area contributed by atoms with Crippen LogP contribution in [0, 0.1) is 11.3 Å². The van der Waals surface area contributed by atoms with Crippen LogP contribution in [0.1, 0.15) is 9.75 Å². The molecule has 0 unspecified atom stereocenters. The van der Waals surface area contributed by atoms with Crippen LogP contribution >= 0.6 is 27.3 Å². The second-order valence-corrected chi connectivity index (χ2v) is 3.25. The number of thiophene rings is 1. The minimum Gasteiger partial charge on any atom is -0.192 e. The summed E-state index contributed by atoms with van der Waals surface area (Å²) in [6.45, 7) is 0. The van der Waals surface area contributed by atoms with Crippen LogP contribution in [0.25, 0.3) is 6.08 Å². The van der Waals surface area contributed by atoms with Gasteiger partial charge in [-0.15, -0.1) is 11.3 Å². The van der Waals surface area contributed by atoms with Crippen LogP contribution in [-0.4, -0.2) is 0 Å². The van der Waals surface area contributed by atoms with Gasteiger partial charge in [0.2, 0.25) is 0 Å². The first kappa shape index (κ1) is 7.52. The average Bonchev–Trinajstić information content (AvgIpc) is 2.37. The molecule has 0 N–H and O–H groups in total. The van der Waals surface area contributed by atoms with Crippen molar-refractivity contribution in [2.75, 3.05) is 0 Å². The number of nitriles is 1. The molecular weight excluding hydrogens is 210 g/mol. The molecule has 0 spiro atoms. The summed E-state index contributed by atoms with van der Waals surface area (Å²) in [5.74, 6) is 0. The highest BCUT2D eigenvalue weighted by molar-refractivity contribution is 9.11. The smallest absolute Gasteiger partial charge is 0.110 e. The van der Waals surface area contributed by atoms with Crippen LogP contribution in [0.3, 0.4) is 0 Å². The maximum absolute atomic E-state index is 8.44. The van der Waals surface area contributed by atoms with Crippen molar-refractivity contribution < 1.29 is 0 Å². The van der Waals surface area contributed by atoms with E-state index in [1.165, 1.54) is 11.3 Å². The first-order chi connectivity index (χ1) is 4.86. The molecule has 1 aromatic heterocycles. The van der Waals surface area contributed by atoms with Gasteiger partial charge in [-0.1, -0.05) is 15.9 Å². The molecule has 0 bridgehead atoms. The van der Waals surface area contributed by atoms with Gasteiger partial charge in [0, 0.05) is 4.88 Å². The van der Waals surface area contributed by atoms with Crippen LogP contribution in [0.2, 0.25) is 0 Å². The molecule has 0 aromatic carbocycles. The lowest BCUT2D eigenvalue weighted by Gasteiger charge is -1.75. The SMILES string of the molecule is N#Cc1ccc(/C=C/Br)s1. The van der Waals surface area contributed by atoms with Crippen LogP contribution in [0.5, 0.6) is 0 Å². The number of hydrogen-bond acceptors (Lipinski definition) is 2. The Morgan fingerprint density at radius 2 is 2.40 bits per heavy atom. The fourth-order valence-electron chi connectivity index (χ4n) is 0.565. The Balaban J connectivity index is 2.91. The lowest BCUT2D eigenvalue weighted by Crippen LogP contribution is -1.51. The van der Waals surface area contributed by atoms with Crippen LogP contribution in [0.4, 0.5) is 0 Å². The molecule has 3 heteroatoms. The third-order valence-corrected chi connectivity index (χ3v) is 2.18. The second kappa shape index (κ2) is 3.55. The molecule has 1 rings (SSSR count). The molecule has 0 saturated heterocycles. The minimum atomic E-state index is 0.751. The van der Waals surface area contributed by atoms with E-state index in [0.717, 1.165) is 9.75 Å². The van der Waals surface area contributed by atoms with Crippen molar-refractivity contribution in [3.8, 4) is 6.07 Å². The zero-order valence-corrected chi connectivity index (χ0v) is 7.45. The lowest BCUT2D eigenvalue weighted by atomic mass is 10.4. The van der Waals surface area contributed by atoms with Gasteiger partial charge < -0.3 is 0 Å². The van der Waals surface area contributed by atoms with Gasteiger partial charge in [0.05, 0.1) is 0 Å². The fourth-order valence-corrected chi connectivity index (χ4v) is 1.73. The molecular formula is C7H4BrNS. The Bertz CT molecular complexity index is 282. The summed E-state index contributed by atoms with van der Waals surface area (Å²) >= 11 is 4.64. The molecule has 0 amide bonds. The van der Waals surface area contributed by atoms with E-state index in [2.05, 4.69) is 22.0 Å². The van der Waals surface area contributed by atoms with E-state index in [0.29, 0.717) is 0 Å². The highest BCUT2D eigenvalue weighted by Gasteiger charge is 1.92. The highest BCUT2D eigenvalue weighted by Crippen LogP contribution is 2.16. The third kappa shape index (κ3) is 1.69. The average molecular weight is 214 g/mol. The second-order valence-electron chi connectivity index (χ2n) is 1.61. The summed E-state index contributed by atoms with van der Waals surface area (Å²) in [5.41, 5.74) is 0. The number of rotatable bonds is 1. The minimum absolute atomic E-state index is 0.751. The normalized spacial score (nSPS) is 10.0. The van der Waals surface area contributed by atoms with E-state index in [9.17, 15) is 0 Å².